The molecule has 0 atom stereocenters. The van der Waals surface area contributed by atoms with Crippen LogP contribution in [0.25, 0.3) is 0 Å². The number of hydrogen-bond acceptors (Lipinski definition) is 6. The monoisotopic (exact) mass is 369 g/mol. The highest BCUT2D eigenvalue weighted by Crippen LogP contribution is 2.26. The third-order valence-corrected chi connectivity index (χ3v) is 5.37. The van der Waals surface area contributed by atoms with Gasteiger partial charge in [-0.3, -0.25) is 9.48 Å². The van der Waals surface area contributed by atoms with Crippen LogP contribution in [0.1, 0.15) is 42.8 Å². The van der Waals surface area contributed by atoms with E-state index in [0.717, 1.165) is 67.7 Å². The van der Waals surface area contributed by atoms with Crippen LogP contribution in [0.3, 0.4) is 0 Å². The van der Waals surface area contributed by atoms with Crippen LogP contribution in [-0.2, 0) is 24.4 Å². The van der Waals surface area contributed by atoms with Crippen LogP contribution in [0.5, 0.6) is 0 Å². The molecule has 0 aromatic carbocycles. The molecule has 144 valence electrons. The molecule has 1 fully saturated rings. The average Bonchev–Trinajstić information content (AvgIpc) is 2.88. The molecule has 1 saturated carbocycles. The van der Waals surface area contributed by atoms with Gasteiger partial charge in [-0.05, 0) is 32.3 Å². The molecular formula is C19H27N7O. The summed E-state index contributed by atoms with van der Waals surface area (Å²) in [6, 6.07) is 4.03. The summed E-state index contributed by atoms with van der Waals surface area (Å²) < 4.78 is 2.06. The molecule has 1 aliphatic carbocycles. The number of carbonyl (C=O) groups is 1. The minimum Gasteiger partial charge on any atom is -0.373 e. The number of rotatable bonds is 5. The van der Waals surface area contributed by atoms with E-state index in [1.165, 1.54) is 6.42 Å². The first kappa shape index (κ1) is 17.8. The Bertz CT molecular complexity index is 827. The van der Waals surface area contributed by atoms with E-state index in [0.29, 0.717) is 6.54 Å². The fourth-order valence-corrected chi connectivity index (χ4v) is 3.59. The summed E-state index contributed by atoms with van der Waals surface area (Å²) in [7, 11) is 1.87. The van der Waals surface area contributed by atoms with Gasteiger partial charge in [0.2, 0.25) is 11.9 Å². The van der Waals surface area contributed by atoms with E-state index in [-0.39, 0.29) is 11.8 Å². The maximum absolute atomic E-state index is 12.0. The second kappa shape index (κ2) is 7.54. The number of aromatic nitrogens is 4. The fraction of sp³-hybridized carbons (Fsp3) is 0.579. The second-order valence-electron chi connectivity index (χ2n) is 7.42. The van der Waals surface area contributed by atoms with Gasteiger partial charge in [0.1, 0.15) is 5.82 Å². The van der Waals surface area contributed by atoms with Crippen molar-refractivity contribution in [3.63, 3.8) is 0 Å². The molecular weight excluding hydrogens is 342 g/mol. The van der Waals surface area contributed by atoms with Gasteiger partial charge in [0, 0.05) is 37.8 Å². The van der Waals surface area contributed by atoms with E-state index in [9.17, 15) is 4.79 Å². The van der Waals surface area contributed by atoms with Gasteiger partial charge in [-0.25, -0.2) is 4.98 Å². The van der Waals surface area contributed by atoms with Gasteiger partial charge in [0.25, 0.3) is 0 Å². The summed E-state index contributed by atoms with van der Waals surface area (Å²) in [6.07, 6.45) is 4.19. The van der Waals surface area contributed by atoms with E-state index in [4.69, 9.17) is 0 Å². The van der Waals surface area contributed by atoms with Gasteiger partial charge in [-0.2, -0.15) is 10.1 Å². The zero-order chi connectivity index (χ0) is 18.8. The first-order valence-electron chi connectivity index (χ1n) is 9.74. The van der Waals surface area contributed by atoms with Crippen molar-refractivity contribution in [2.45, 2.75) is 52.2 Å². The Morgan fingerprint density at radius 1 is 1.22 bits per heavy atom. The summed E-state index contributed by atoms with van der Waals surface area (Å²) in [6.45, 7) is 4.96. The van der Waals surface area contributed by atoms with Crippen LogP contribution < -0.4 is 15.5 Å². The molecule has 27 heavy (non-hydrogen) atoms. The van der Waals surface area contributed by atoms with Gasteiger partial charge in [-0.15, -0.1) is 0 Å². The topological polar surface area (TPSA) is 88.0 Å². The highest BCUT2D eigenvalue weighted by atomic mass is 16.1. The number of fused-ring (bicyclic) bond motifs is 1. The Morgan fingerprint density at radius 2 is 2.07 bits per heavy atom. The molecule has 2 aromatic heterocycles. The van der Waals surface area contributed by atoms with Gasteiger partial charge < -0.3 is 15.5 Å². The second-order valence-corrected chi connectivity index (χ2v) is 7.42. The van der Waals surface area contributed by atoms with Crippen molar-refractivity contribution >= 4 is 17.7 Å². The van der Waals surface area contributed by atoms with Crippen molar-refractivity contribution < 1.29 is 4.79 Å². The van der Waals surface area contributed by atoms with Crippen LogP contribution in [0.2, 0.25) is 0 Å². The Kier molecular flexibility index (Phi) is 4.96. The number of hydrogen-bond donors (Lipinski definition) is 2. The van der Waals surface area contributed by atoms with E-state index >= 15 is 0 Å². The molecule has 1 amide bonds. The molecule has 4 rings (SSSR count). The summed E-state index contributed by atoms with van der Waals surface area (Å²) in [5.74, 6) is 1.95. The molecule has 0 radical (unpaired) electrons. The summed E-state index contributed by atoms with van der Waals surface area (Å²) >= 11 is 0. The lowest BCUT2D eigenvalue weighted by atomic mass is 9.85. The first-order valence-corrected chi connectivity index (χ1v) is 9.74. The smallest absolute Gasteiger partial charge is 0.227 e. The maximum Gasteiger partial charge on any atom is 0.227 e. The lowest BCUT2D eigenvalue weighted by molar-refractivity contribution is -0.127. The molecule has 2 aliphatic rings. The maximum atomic E-state index is 12.0. The van der Waals surface area contributed by atoms with Crippen LogP contribution in [0, 0.1) is 12.8 Å². The minimum atomic E-state index is 0.166. The molecule has 8 nitrogen and oxygen atoms in total. The minimum absolute atomic E-state index is 0.166. The molecule has 8 heteroatoms. The van der Waals surface area contributed by atoms with E-state index in [1.54, 1.807) is 0 Å². The highest BCUT2D eigenvalue weighted by molar-refractivity contribution is 5.79. The number of anilines is 2. The molecule has 2 aromatic rings. The third kappa shape index (κ3) is 3.89. The number of nitrogens with zero attached hydrogens (tertiary/aromatic N) is 5. The number of nitrogens with one attached hydrogen (secondary N) is 2. The Morgan fingerprint density at radius 3 is 2.81 bits per heavy atom. The van der Waals surface area contributed by atoms with Crippen molar-refractivity contribution in [2.75, 3.05) is 23.8 Å². The quantitative estimate of drug-likeness (QED) is 0.836. The third-order valence-electron chi connectivity index (χ3n) is 5.37. The summed E-state index contributed by atoms with van der Waals surface area (Å²) in [5.41, 5.74) is 3.00. The molecule has 2 N–H and O–H groups in total. The van der Waals surface area contributed by atoms with Crippen molar-refractivity contribution in [1.82, 2.24) is 25.1 Å². The van der Waals surface area contributed by atoms with E-state index in [2.05, 4.69) is 41.3 Å². The van der Waals surface area contributed by atoms with Crippen molar-refractivity contribution in [3.05, 3.63) is 29.2 Å². The highest BCUT2D eigenvalue weighted by Gasteiger charge is 2.25. The van der Waals surface area contributed by atoms with Gasteiger partial charge >= 0.3 is 0 Å². The zero-order valence-electron chi connectivity index (χ0n) is 16.0. The van der Waals surface area contributed by atoms with Crippen molar-refractivity contribution in [3.8, 4) is 0 Å². The van der Waals surface area contributed by atoms with E-state index in [1.807, 2.05) is 20.0 Å². The van der Waals surface area contributed by atoms with Gasteiger partial charge in [0.15, 0.2) is 0 Å². The Balaban J connectivity index is 1.46. The largest absolute Gasteiger partial charge is 0.373 e. The molecule has 1 aliphatic heterocycles. The summed E-state index contributed by atoms with van der Waals surface area (Å²) in [4.78, 5) is 23.5. The first-order chi connectivity index (χ1) is 13.1. The predicted molar refractivity (Wildman–Crippen MR) is 103 cm³/mol. The fourth-order valence-electron chi connectivity index (χ4n) is 3.59. The molecule has 0 bridgehead atoms. The normalized spacial score (nSPS) is 17.0. The molecule has 0 spiro atoms. The van der Waals surface area contributed by atoms with Crippen LogP contribution in [0.4, 0.5) is 11.8 Å². The van der Waals surface area contributed by atoms with Crippen LogP contribution in [-0.4, -0.2) is 39.2 Å². The Hall–Kier alpha value is -2.64. The van der Waals surface area contributed by atoms with Crippen LogP contribution >= 0.6 is 0 Å². The SMILES string of the molecule is CNc1cc(C)nc(N2CCCn3nc(CNC(=O)C4CCC4)cc3C2)n1. The lowest BCUT2D eigenvalue weighted by Gasteiger charge is -2.23. The van der Waals surface area contributed by atoms with Crippen molar-refractivity contribution in [2.24, 2.45) is 5.92 Å². The van der Waals surface area contributed by atoms with Crippen molar-refractivity contribution in [1.29, 1.82) is 0 Å². The molecule has 3 heterocycles. The number of carbonyl (C=O) groups excluding carboxylic acids is 1. The van der Waals surface area contributed by atoms with Crippen LogP contribution in [0.15, 0.2) is 12.1 Å². The molecule has 0 saturated heterocycles. The number of aryl methyl sites for hydroxylation is 2. The number of amides is 1. The average molecular weight is 369 g/mol. The lowest BCUT2D eigenvalue weighted by Crippen LogP contribution is -2.34. The standard InChI is InChI=1S/C19H27N7O/c1-13-9-17(20-2)23-19(22-13)25-7-4-8-26-16(12-25)10-15(24-26)11-21-18(27)14-5-3-6-14/h9-10,14H,3-8,11-12H2,1-2H3,(H,21,27)(H,20,22,23). The van der Waals surface area contributed by atoms with Gasteiger partial charge in [0.05, 0.1) is 24.5 Å². The summed E-state index contributed by atoms with van der Waals surface area (Å²) in [5, 5.41) is 10.8. The van der Waals surface area contributed by atoms with E-state index < -0.39 is 0 Å². The van der Waals surface area contributed by atoms with Gasteiger partial charge in [-0.1, -0.05) is 6.42 Å². The zero-order valence-corrected chi connectivity index (χ0v) is 16.0. The molecule has 0 unspecified atom stereocenters. The predicted octanol–water partition coefficient (Wildman–Crippen LogP) is 1.85. The Labute approximate surface area is 159 Å².